The summed E-state index contributed by atoms with van der Waals surface area (Å²) in [6.45, 7) is 8.44. The Labute approximate surface area is 181 Å². The normalized spacial score (nSPS) is 18.4. The van der Waals surface area contributed by atoms with E-state index in [-0.39, 0.29) is 6.10 Å². The first-order chi connectivity index (χ1) is 15.0. The predicted molar refractivity (Wildman–Crippen MR) is 118 cm³/mol. The SMILES string of the molecule is C=CCOc1ccc2c(C(=O)OC)ccc(C3CC(OCC=C)CCN3C(=O)O)c2c1. The molecule has 0 radical (unpaired) electrons. The number of piperidine rings is 1. The molecule has 164 valence electrons. The van der Waals surface area contributed by atoms with Gasteiger partial charge >= 0.3 is 12.1 Å². The van der Waals surface area contributed by atoms with E-state index in [1.807, 2.05) is 6.07 Å². The number of amides is 1. The van der Waals surface area contributed by atoms with E-state index < -0.39 is 18.1 Å². The molecule has 2 atom stereocenters. The highest BCUT2D eigenvalue weighted by Gasteiger charge is 2.34. The van der Waals surface area contributed by atoms with Crippen LogP contribution in [-0.4, -0.2) is 55.0 Å². The maximum absolute atomic E-state index is 12.3. The van der Waals surface area contributed by atoms with Crippen molar-refractivity contribution in [2.24, 2.45) is 0 Å². The average molecular weight is 425 g/mol. The molecule has 0 aromatic heterocycles. The van der Waals surface area contributed by atoms with Crippen molar-refractivity contribution in [3.8, 4) is 5.75 Å². The highest BCUT2D eigenvalue weighted by atomic mass is 16.5. The van der Waals surface area contributed by atoms with Gasteiger partial charge in [-0.3, -0.25) is 0 Å². The number of nitrogens with zero attached hydrogens (tertiary/aromatic N) is 1. The van der Waals surface area contributed by atoms with Crippen molar-refractivity contribution in [2.45, 2.75) is 25.0 Å². The molecule has 3 rings (SSSR count). The van der Waals surface area contributed by atoms with Crippen LogP contribution in [0.5, 0.6) is 5.75 Å². The van der Waals surface area contributed by atoms with Crippen LogP contribution in [-0.2, 0) is 9.47 Å². The number of ether oxygens (including phenoxy) is 3. The lowest BCUT2D eigenvalue weighted by Gasteiger charge is -2.38. The molecular weight excluding hydrogens is 398 g/mol. The van der Waals surface area contributed by atoms with Gasteiger partial charge in [0.25, 0.3) is 0 Å². The third-order valence-corrected chi connectivity index (χ3v) is 5.40. The van der Waals surface area contributed by atoms with Gasteiger partial charge in [0.15, 0.2) is 0 Å². The van der Waals surface area contributed by atoms with E-state index in [4.69, 9.17) is 14.2 Å². The first-order valence-corrected chi connectivity index (χ1v) is 10.1. The molecule has 1 fully saturated rings. The number of hydrogen-bond acceptors (Lipinski definition) is 5. The van der Waals surface area contributed by atoms with Crippen molar-refractivity contribution in [2.75, 3.05) is 26.9 Å². The number of rotatable bonds is 8. The van der Waals surface area contributed by atoms with Gasteiger partial charge in [-0.05, 0) is 53.4 Å². The summed E-state index contributed by atoms with van der Waals surface area (Å²) >= 11 is 0. The van der Waals surface area contributed by atoms with Crippen molar-refractivity contribution < 1.29 is 28.9 Å². The lowest BCUT2D eigenvalue weighted by Crippen LogP contribution is -2.42. The van der Waals surface area contributed by atoms with Gasteiger partial charge < -0.3 is 24.2 Å². The van der Waals surface area contributed by atoms with Crippen LogP contribution >= 0.6 is 0 Å². The monoisotopic (exact) mass is 425 g/mol. The van der Waals surface area contributed by atoms with Gasteiger partial charge in [0.2, 0.25) is 0 Å². The number of fused-ring (bicyclic) bond motifs is 1. The quantitative estimate of drug-likeness (QED) is 0.492. The van der Waals surface area contributed by atoms with Crippen LogP contribution in [0, 0.1) is 0 Å². The number of carbonyl (C=O) groups excluding carboxylic acids is 1. The second-order valence-corrected chi connectivity index (χ2v) is 7.26. The molecule has 1 amide bonds. The zero-order chi connectivity index (χ0) is 22.4. The summed E-state index contributed by atoms with van der Waals surface area (Å²) in [5.41, 5.74) is 1.20. The average Bonchev–Trinajstić information content (AvgIpc) is 2.79. The minimum atomic E-state index is -0.989. The number of esters is 1. The molecular formula is C24H27NO6. The summed E-state index contributed by atoms with van der Waals surface area (Å²) in [5, 5.41) is 11.2. The number of carbonyl (C=O) groups is 2. The third-order valence-electron chi connectivity index (χ3n) is 5.40. The number of benzene rings is 2. The molecule has 2 unspecified atom stereocenters. The highest BCUT2D eigenvalue weighted by molar-refractivity contribution is 6.06. The zero-order valence-corrected chi connectivity index (χ0v) is 17.6. The molecule has 7 nitrogen and oxygen atoms in total. The van der Waals surface area contributed by atoms with Crippen molar-refractivity contribution in [1.29, 1.82) is 0 Å². The van der Waals surface area contributed by atoms with Gasteiger partial charge in [-0.15, -0.1) is 6.58 Å². The second kappa shape index (κ2) is 10.1. The Morgan fingerprint density at radius 1 is 1.16 bits per heavy atom. The largest absolute Gasteiger partial charge is 0.490 e. The molecule has 1 aliphatic rings. The summed E-state index contributed by atoms with van der Waals surface area (Å²) in [7, 11) is 1.33. The Morgan fingerprint density at radius 3 is 2.61 bits per heavy atom. The maximum atomic E-state index is 12.3. The van der Waals surface area contributed by atoms with E-state index in [9.17, 15) is 14.7 Å². The molecule has 7 heteroatoms. The molecule has 0 saturated carbocycles. The fourth-order valence-electron chi connectivity index (χ4n) is 3.99. The van der Waals surface area contributed by atoms with Gasteiger partial charge in [-0.1, -0.05) is 24.8 Å². The minimum Gasteiger partial charge on any atom is -0.490 e. The Balaban J connectivity index is 2.12. The molecule has 0 spiro atoms. The van der Waals surface area contributed by atoms with E-state index in [1.54, 1.807) is 36.4 Å². The smallest absolute Gasteiger partial charge is 0.407 e. The molecule has 2 aromatic carbocycles. The minimum absolute atomic E-state index is 0.0888. The van der Waals surface area contributed by atoms with Crippen molar-refractivity contribution in [1.82, 2.24) is 4.90 Å². The van der Waals surface area contributed by atoms with Gasteiger partial charge in [-0.2, -0.15) is 0 Å². The second-order valence-electron chi connectivity index (χ2n) is 7.26. The van der Waals surface area contributed by atoms with E-state index in [2.05, 4.69) is 13.2 Å². The van der Waals surface area contributed by atoms with Crippen molar-refractivity contribution in [3.63, 3.8) is 0 Å². The topological polar surface area (TPSA) is 85.3 Å². The Bertz CT molecular complexity index is 985. The molecule has 0 bridgehead atoms. The standard InChI is InChI=1S/C24H27NO6/c1-4-12-30-16-6-7-18-20(23(26)29-3)9-8-19(21(18)14-16)22-15-17(31-13-5-2)10-11-25(22)24(27)28/h4-9,14,17,22H,1-2,10-13,15H2,3H3,(H,27,28). The van der Waals surface area contributed by atoms with E-state index in [0.717, 1.165) is 10.9 Å². The van der Waals surface area contributed by atoms with Crippen LogP contribution in [0.1, 0.15) is 34.8 Å². The van der Waals surface area contributed by atoms with Gasteiger partial charge in [0.05, 0.1) is 31.4 Å². The fourth-order valence-corrected chi connectivity index (χ4v) is 3.99. The lowest BCUT2D eigenvalue weighted by atomic mass is 9.88. The molecule has 1 aliphatic heterocycles. The Hall–Kier alpha value is -3.32. The van der Waals surface area contributed by atoms with E-state index in [0.29, 0.717) is 49.3 Å². The maximum Gasteiger partial charge on any atom is 0.407 e. The number of methoxy groups -OCH3 is 1. The predicted octanol–water partition coefficient (Wildman–Crippen LogP) is 4.58. The summed E-state index contributed by atoms with van der Waals surface area (Å²) in [6, 6.07) is 8.45. The van der Waals surface area contributed by atoms with Gasteiger partial charge in [-0.25, -0.2) is 9.59 Å². The third kappa shape index (κ3) is 4.88. The van der Waals surface area contributed by atoms with Gasteiger partial charge in [0.1, 0.15) is 12.4 Å². The summed E-state index contributed by atoms with van der Waals surface area (Å²) in [4.78, 5) is 25.7. The van der Waals surface area contributed by atoms with Crippen molar-refractivity contribution >= 4 is 22.8 Å². The van der Waals surface area contributed by atoms with Crippen LogP contribution < -0.4 is 4.74 Å². The van der Waals surface area contributed by atoms with Crippen LogP contribution in [0.25, 0.3) is 10.8 Å². The summed E-state index contributed by atoms with van der Waals surface area (Å²) in [5.74, 6) is 0.148. The molecule has 1 N–H and O–H groups in total. The van der Waals surface area contributed by atoms with Crippen LogP contribution in [0.3, 0.4) is 0 Å². The zero-order valence-electron chi connectivity index (χ0n) is 17.6. The van der Waals surface area contributed by atoms with Crippen molar-refractivity contribution in [3.05, 3.63) is 66.8 Å². The summed E-state index contributed by atoms with van der Waals surface area (Å²) in [6.07, 6.45) is 3.37. The lowest BCUT2D eigenvalue weighted by molar-refractivity contribution is 0.000532. The molecule has 0 aliphatic carbocycles. The molecule has 1 saturated heterocycles. The number of hydrogen-bond donors (Lipinski definition) is 1. The molecule has 31 heavy (non-hydrogen) atoms. The number of carboxylic acid groups (broad SMARTS) is 1. The fraction of sp³-hybridized carbons (Fsp3) is 0.333. The first kappa shape index (κ1) is 22.4. The molecule has 1 heterocycles. The Morgan fingerprint density at radius 2 is 1.94 bits per heavy atom. The van der Waals surface area contributed by atoms with Gasteiger partial charge in [0, 0.05) is 6.54 Å². The Kier molecular flexibility index (Phi) is 7.31. The molecule has 2 aromatic rings. The van der Waals surface area contributed by atoms with E-state index in [1.165, 1.54) is 12.0 Å². The van der Waals surface area contributed by atoms with Crippen LogP contribution in [0.4, 0.5) is 4.79 Å². The highest BCUT2D eigenvalue weighted by Crippen LogP contribution is 2.38. The van der Waals surface area contributed by atoms with Crippen LogP contribution in [0.2, 0.25) is 0 Å². The first-order valence-electron chi connectivity index (χ1n) is 10.1. The summed E-state index contributed by atoms with van der Waals surface area (Å²) < 4.78 is 16.4. The van der Waals surface area contributed by atoms with Crippen LogP contribution in [0.15, 0.2) is 55.6 Å². The number of likely N-dealkylation sites (tertiary alicyclic amines) is 1. The van der Waals surface area contributed by atoms with E-state index >= 15 is 0 Å².